The van der Waals surface area contributed by atoms with E-state index in [9.17, 15) is 17.6 Å². The fraction of sp³-hybridized carbons (Fsp3) is 0.0714. The Bertz CT molecular complexity index is 775. The molecule has 0 saturated carbocycles. The first-order chi connectivity index (χ1) is 10.6. The maximum Gasteiger partial charge on any atom is 0.203 e. The lowest BCUT2D eigenvalue weighted by atomic mass is 10.3. The van der Waals surface area contributed by atoms with Crippen molar-refractivity contribution in [3.05, 3.63) is 57.2 Å². The Kier molecular flexibility index (Phi) is 4.12. The zero-order valence-electron chi connectivity index (χ0n) is 10.8. The van der Waals surface area contributed by atoms with Crippen LogP contribution in [0.4, 0.5) is 17.6 Å². The lowest BCUT2D eigenvalue weighted by molar-refractivity contribution is 0.259. The molecule has 0 aliphatic rings. The number of ether oxygens (including phenoxy) is 1. The van der Waals surface area contributed by atoms with E-state index in [1.54, 1.807) is 5.38 Å². The van der Waals surface area contributed by atoms with Gasteiger partial charge < -0.3 is 4.74 Å². The molecule has 0 unspecified atom stereocenters. The minimum atomic E-state index is -1.56. The molecule has 0 fully saturated rings. The number of thiazole rings is 1. The summed E-state index contributed by atoms with van der Waals surface area (Å²) in [6.45, 7) is -0.294. The monoisotopic (exact) mass is 345 g/mol. The Balaban J connectivity index is 1.79. The van der Waals surface area contributed by atoms with Gasteiger partial charge in [-0.15, -0.1) is 11.3 Å². The smallest absolute Gasteiger partial charge is 0.203 e. The summed E-state index contributed by atoms with van der Waals surface area (Å²) in [5, 5.41) is 6.18. The van der Waals surface area contributed by atoms with Gasteiger partial charge in [0.25, 0.3) is 0 Å². The SMILES string of the molecule is Fc1cc(F)c(F)c(OCc2csc(-c3ccsc3)n2)c1F. The Morgan fingerprint density at radius 2 is 1.77 bits per heavy atom. The van der Waals surface area contributed by atoms with E-state index in [4.69, 9.17) is 4.74 Å². The van der Waals surface area contributed by atoms with E-state index in [0.717, 1.165) is 10.6 Å². The van der Waals surface area contributed by atoms with Crippen molar-refractivity contribution in [3.63, 3.8) is 0 Å². The van der Waals surface area contributed by atoms with Crippen LogP contribution < -0.4 is 4.74 Å². The highest BCUT2D eigenvalue weighted by Crippen LogP contribution is 2.29. The van der Waals surface area contributed by atoms with Gasteiger partial charge in [-0.05, 0) is 11.4 Å². The highest BCUT2D eigenvalue weighted by atomic mass is 32.1. The molecular formula is C14H7F4NOS2. The summed E-state index contributed by atoms with van der Waals surface area (Å²) in [6.07, 6.45) is 0. The highest BCUT2D eigenvalue weighted by molar-refractivity contribution is 7.14. The van der Waals surface area contributed by atoms with E-state index >= 15 is 0 Å². The van der Waals surface area contributed by atoms with Crippen LogP contribution in [0.1, 0.15) is 5.69 Å². The van der Waals surface area contributed by atoms with Crippen LogP contribution in [-0.2, 0) is 6.61 Å². The van der Waals surface area contributed by atoms with Crippen LogP contribution in [0, 0.1) is 23.3 Å². The van der Waals surface area contributed by atoms with Crippen LogP contribution in [0.5, 0.6) is 5.75 Å². The molecule has 0 amide bonds. The summed E-state index contributed by atoms with van der Waals surface area (Å²) < 4.78 is 57.9. The van der Waals surface area contributed by atoms with E-state index in [1.807, 2.05) is 16.8 Å². The summed E-state index contributed by atoms with van der Waals surface area (Å²) in [5.41, 5.74) is 1.34. The molecule has 0 aliphatic heterocycles. The predicted octanol–water partition coefficient (Wildman–Crippen LogP) is 5.01. The summed E-state index contributed by atoms with van der Waals surface area (Å²) >= 11 is 2.85. The van der Waals surface area contributed by atoms with Gasteiger partial charge >= 0.3 is 0 Å². The summed E-state index contributed by atoms with van der Waals surface area (Å²) in [6, 6.07) is 2.02. The molecule has 3 aromatic rings. The molecule has 114 valence electrons. The minimum absolute atomic E-state index is 0.134. The van der Waals surface area contributed by atoms with E-state index in [0.29, 0.717) is 5.69 Å². The zero-order chi connectivity index (χ0) is 15.7. The Morgan fingerprint density at radius 1 is 1.05 bits per heavy atom. The normalized spacial score (nSPS) is 10.9. The standard InChI is InChI=1S/C14H7F4NOS2/c15-9-3-10(16)12(18)13(11(9)17)20-4-8-6-22-14(19-8)7-1-2-21-5-7/h1-3,5-6H,4H2. The second-order valence-corrected chi connectivity index (χ2v) is 5.88. The molecular weight excluding hydrogens is 338 g/mol. The van der Waals surface area contributed by atoms with Gasteiger partial charge in [-0.1, -0.05) is 0 Å². The minimum Gasteiger partial charge on any atom is -0.481 e. The first-order valence-electron chi connectivity index (χ1n) is 5.99. The van der Waals surface area contributed by atoms with Gasteiger partial charge in [0.05, 0.1) is 5.69 Å². The summed E-state index contributed by atoms with van der Waals surface area (Å²) in [5.74, 6) is -7.22. The maximum atomic E-state index is 13.5. The van der Waals surface area contributed by atoms with Gasteiger partial charge in [-0.3, -0.25) is 0 Å². The van der Waals surface area contributed by atoms with E-state index in [-0.39, 0.29) is 12.7 Å². The number of benzene rings is 1. The number of halogens is 4. The van der Waals surface area contributed by atoms with Crippen LogP contribution in [0.25, 0.3) is 10.6 Å². The number of rotatable bonds is 4. The van der Waals surface area contributed by atoms with Crippen molar-refractivity contribution in [2.45, 2.75) is 6.61 Å². The molecule has 0 aliphatic carbocycles. The largest absolute Gasteiger partial charge is 0.481 e. The van der Waals surface area contributed by atoms with E-state index in [2.05, 4.69) is 4.98 Å². The molecule has 2 nitrogen and oxygen atoms in total. The lowest BCUT2D eigenvalue weighted by Crippen LogP contribution is -2.04. The third-order valence-corrected chi connectivity index (χ3v) is 4.38. The fourth-order valence-electron chi connectivity index (χ4n) is 1.72. The van der Waals surface area contributed by atoms with Crippen LogP contribution in [-0.4, -0.2) is 4.98 Å². The lowest BCUT2D eigenvalue weighted by Gasteiger charge is -2.08. The van der Waals surface area contributed by atoms with Crippen molar-refractivity contribution in [3.8, 4) is 16.3 Å². The van der Waals surface area contributed by atoms with Crippen LogP contribution in [0.15, 0.2) is 28.3 Å². The van der Waals surface area contributed by atoms with Crippen molar-refractivity contribution >= 4 is 22.7 Å². The Labute approximate surface area is 130 Å². The molecule has 1 aromatic carbocycles. The third-order valence-electron chi connectivity index (χ3n) is 2.76. The van der Waals surface area contributed by atoms with Crippen molar-refractivity contribution in [2.75, 3.05) is 0 Å². The molecule has 0 radical (unpaired) electrons. The number of nitrogens with zero attached hydrogens (tertiary/aromatic N) is 1. The third kappa shape index (κ3) is 2.84. The molecule has 0 spiro atoms. The van der Waals surface area contributed by atoms with Gasteiger partial charge in [-0.25, -0.2) is 13.8 Å². The van der Waals surface area contributed by atoms with E-state index < -0.39 is 29.0 Å². The van der Waals surface area contributed by atoms with Crippen molar-refractivity contribution < 1.29 is 22.3 Å². The average molecular weight is 345 g/mol. The van der Waals surface area contributed by atoms with Gasteiger partial charge in [-0.2, -0.15) is 20.1 Å². The number of hydrogen-bond donors (Lipinski definition) is 0. The average Bonchev–Trinajstić information content (AvgIpc) is 3.16. The number of thiophene rings is 1. The number of aromatic nitrogens is 1. The van der Waals surface area contributed by atoms with Gasteiger partial charge in [0.2, 0.25) is 11.6 Å². The summed E-state index contributed by atoms with van der Waals surface area (Å²) in [4.78, 5) is 4.24. The molecule has 22 heavy (non-hydrogen) atoms. The van der Waals surface area contributed by atoms with Crippen LogP contribution in [0.3, 0.4) is 0 Å². The summed E-state index contributed by atoms with van der Waals surface area (Å²) in [7, 11) is 0. The molecule has 8 heteroatoms. The fourth-order valence-corrected chi connectivity index (χ4v) is 3.23. The highest BCUT2D eigenvalue weighted by Gasteiger charge is 2.21. The van der Waals surface area contributed by atoms with Gasteiger partial charge in [0, 0.05) is 22.4 Å². The Hall–Kier alpha value is -1.93. The molecule has 0 N–H and O–H groups in total. The molecule has 0 atom stereocenters. The molecule has 0 saturated heterocycles. The zero-order valence-corrected chi connectivity index (χ0v) is 12.4. The van der Waals surface area contributed by atoms with E-state index in [1.165, 1.54) is 22.7 Å². The van der Waals surface area contributed by atoms with Gasteiger partial charge in [0.1, 0.15) is 11.6 Å². The van der Waals surface area contributed by atoms with Crippen molar-refractivity contribution in [1.82, 2.24) is 4.98 Å². The van der Waals surface area contributed by atoms with Crippen LogP contribution in [0.2, 0.25) is 0 Å². The van der Waals surface area contributed by atoms with Crippen molar-refractivity contribution in [2.24, 2.45) is 0 Å². The first kappa shape index (κ1) is 15.0. The quantitative estimate of drug-likeness (QED) is 0.490. The number of hydrogen-bond acceptors (Lipinski definition) is 4. The van der Waals surface area contributed by atoms with Crippen LogP contribution >= 0.6 is 22.7 Å². The van der Waals surface area contributed by atoms with Crippen molar-refractivity contribution in [1.29, 1.82) is 0 Å². The molecule has 2 aromatic heterocycles. The topological polar surface area (TPSA) is 22.1 Å². The molecule has 3 rings (SSSR count). The first-order valence-corrected chi connectivity index (χ1v) is 7.81. The molecule has 0 bridgehead atoms. The Morgan fingerprint density at radius 3 is 2.41 bits per heavy atom. The molecule has 2 heterocycles. The van der Waals surface area contributed by atoms with Gasteiger partial charge in [0.15, 0.2) is 17.4 Å². The maximum absolute atomic E-state index is 13.5. The second-order valence-electron chi connectivity index (χ2n) is 4.24. The predicted molar refractivity (Wildman–Crippen MR) is 76.0 cm³/mol. The second kappa shape index (κ2) is 6.05.